The van der Waals surface area contributed by atoms with Crippen molar-refractivity contribution < 1.29 is 24.5 Å². The van der Waals surface area contributed by atoms with E-state index in [0.717, 1.165) is 5.56 Å². The fraction of sp³-hybridized carbons (Fsp3) is 0.462. The molecule has 0 aliphatic rings. The number of hydrogen-bond donors (Lipinski definition) is 3. The summed E-state index contributed by atoms with van der Waals surface area (Å²) in [4.78, 5) is 11.0. The van der Waals surface area contributed by atoms with Crippen LogP contribution in [0.2, 0.25) is 0 Å². The van der Waals surface area contributed by atoms with Crippen LogP contribution in [-0.2, 0) is 11.3 Å². The lowest BCUT2D eigenvalue weighted by Crippen LogP contribution is -2.44. The SMILES string of the molecule is COc1ccc(OC)c(CNC(C(=O)O)C(C)O)c1. The van der Waals surface area contributed by atoms with E-state index in [4.69, 9.17) is 14.6 Å². The van der Waals surface area contributed by atoms with Gasteiger partial charge in [0.05, 0.1) is 20.3 Å². The summed E-state index contributed by atoms with van der Waals surface area (Å²) in [5, 5.41) is 21.1. The Morgan fingerprint density at radius 3 is 2.53 bits per heavy atom. The Kier molecular flexibility index (Phi) is 5.59. The van der Waals surface area contributed by atoms with Crippen LogP contribution in [0.3, 0.4) is 0 Å². The van der Waals surface area contributed by atoms with Crippen molar-refractivity contribution in [3.63, 3.8) is 0 Å². The first kappa shape index (κ1) is 15.3. The predicted octanol–water partition coefficient (Wildman–Crippen LogP) is 0.627. The first-order valence-corrected chi connectivity index (χ1v) is 5.84. The van der Waals surface area contributed by atoms with E-state index in [0.29, 0.717) is 11.5 Å². The molecule has 1 aromatic carbocycles. The lowest BCUT2D eigenvalue weighted by Gasteiger charge is -2.18. The normalized spacial score (nSPS) is 13.7. The molecule has 19 heavy (non-hydrogen) atoms. The highest BCUT2D eigenvalue weighted by Gasteiger charge is 2.22. The fourth-order valence-electron chi connectivity index (χ4n) is 1.70. The van der Waals surface area contributed by atoms with Gasteiger partial charge in [-0.2, -0.15) is 0 Å². The minimum atomic E-state index is -1.10. The molecule has 0 saturated heterocycles. The van der Waals surface area contributed by atoms with Crippen molar-refractivity contribution in [3.05, 3.63) is 23.8 Å². The van der Waals surface area contributed by atoms with E-state index in [2.05, 4.69) is 5.32 Å². The van der Waals surface area contributed by atoms with Crippen molar-refractivity contribution >= 4 is 5.97 Å². The predicted molar refractivity (Wildman–Crippen MR) is 69.5 cm³/mol. The molecule has 0 fully saturated rings. The van der Waals surface area contributed by atoms with Gasteiger partial charge in [0.25, 0.3) is 0 Å². The van der Waals surface area contributed by atoms with Crippen LogP contribution in [0.4, 0.5) is 0 Å². The molecule has 0 bridgehead atoms. The van der Waals surface area contributed by atoms with E-state index < -0.39 is 18.1 Å². The minimum Gasteiger partial charge on any atom is -0.497 e. The van der Waals surface area contributed by atoms with Crippen LogP contribution in [0.25, 0.3) is 0 Å². The number of carbonyl (C=O) groups is 1. The zero-order valence-corrected chi connectivity index (χ0v) is 11.2. The maximum atomic E-state index is 11.0. The van der Waals surface area contributed by atoms with Crippen LogP contribution in [0.15, 0.2) is 18.2 Å². The summed E-state index contributed by atoms with van der Waals surface area (Å²) >= 11 is 0. The van der Waals surface area contributed by atoms with Crippen molar-refractivity contribution in [2.75, 3.05) is 14.2 Å². The zero-order chi connectivity index (χ0) is 14.4. The summed E-state index contributed by atoms with van der Waals surface area (Å²) in [7, 11) is 3.09. The summed E-state index contributed by atoms with van der Waals surface area (Å²) in [5.41, 5.74) is 0.758. The van der Waals surface area contributed by atoms with Crippen molar-refractivity contribution in [1.29, 1.82) is 0 Å². The second kappa shape index (κ2) is 6.96. The van der Waals surface area contributed by atoms with E-state index in [-0.39, 0.29) is 6.54 Å². The molecule has 106 valence electrons. The third-order valence-corrected chi connectivity index (χ3v) is 2.75. The first-order valence-electron chi connectivity index (χ1n) is 5.84. The van der Waals surface area contributed by atoms with Gasteiger partial charge in [-0.15, -0.1) is 0 Å². The Morgan fingerprint density at radius 2 is 2.05 bits per heavy atom. The highest BCUT2D eigenvalue weighted by atomic mass is 16.5. The maximum Gasteiger partial charge on any atom is 0.323 e. The Morgan fingerprint density at radius 1 is 1.37 bits per heavy atom. The van der Waals surface area contributed by atoms with E-state index in [9.17, 15) is 9.90 Å². The number of hydrogen-bond acceptors (Lipinski definition) is 5. The van der Waals surface area contributed by atoms with Crippen LogP contribution >= 0.6 is 0 Å². The highest BCUT2D eigenvalue weighted by molar-refractivity contribution is 5.74. The Labute approximate surface area is 112 Å². The van der Waals surface area contributed by atoms with E-state index in [1.54, 1.807) is 25.3 Å². The van der Waals surface area contributed by atoms with Crippen LogP contribution in [0.1, 0.15) is 12.5 Å². The number of carboxylic acids is 1. The monoisotopic (exact) mass is 269 g/mol. The highest BCUT2D eigenvalue weighted by Crippen LogP contribution is 2.23. The summed E-state index contributed by atoms with van der Waals surface area (Å²) < 4.78 is 10.3. The number of methoxy groups -OCH3 is 2. The molecule has 0 aliphatic heterocycles. The number of aliphatic hydroxyl groups is 1. The molecule has 2 unspecified atom stereocenters. The van der Waals surface area contributed by atoms with Gasteiger partial charge in [0.1, 0.15) is 17.5 Å². The topological polar surface area (TPSA) is 88.0 Å². The first-order chi connectivity index (χ1) is 8.99. The van der Waals surface area contributed by atoms with E-state index in [1.165, 1.54) is 14.0 Å². The number of carboxylic acid groups (broad SMARTS) is 1. The molecule has 0 amide bonds. The number of nitrogens with one attached hydrogen (secondary N) is 1. The van der Waals surface area contributed by atoms with Crippen molar-refractivity contribution in [1.82, 2.24) is 5.32 Å². The van der Waals surface area contributed by atoms with Gasteiger partial charge in [-0.25, -0.2) is 0 Å². The number of aliphatic hydroxyl groups excluding tert-OH is 1. The van der Waals surface area contributed by atoms with Gasteiger partial charge in [0, 0.05) is 12.1 Å². The Bertz CT molecular complexity index is 433. The Hall–Kier alpha value is -1.79. The molecule has 0 radical (unpaired) electrons. The average Bonchev–Trinajstić information content (AvgIpc) is 2.37. The van der Waals surface area contributed by atoms with Crippen molar-refractivity contribution in [2.45, 2.75) is 25.6 Å². The van der Waals surface area contributed by atoms with Crippen LogP contribution in [0.5, 0.6) is 11.5 Å². The molecule has 1 rings (SSSR count). The van der Waals surface area contributed by atoms with Gasteiger partial charge in [0.15, 0.2) is 0 Å². The molecular weight excluding hydrogens is 250 g/mol. The molecule has 0 heterocycles. The van der Waals surface area contributed by atoms with Gasteiger partial charge < -0.3 is 19.7 Å². The number of aliphatic carboxylic acids is 1. The zero-order valence-electron chi connectivity index (χ0n) is 11.2. The third-order valence-electron chi connectivity index (χ3n) is 2.75. The molecule has 6 nitrogen and oxygen atoms in total. The molecule has 0 aromatic heterocycles. The quantitative estimate of drug-likeness (QED) is 0.673. The molecular formula is C13H19NO5. The summed E-state index contributed by atoms with van der Waals surface area (Å²) in [5.74, 6) is 0.182. The average molecular weight is 269 g/mol. The van der Waals surface area contributed by atoms with Gasteiger partial charge >= 0.3 is 5.97 Å². The lowest BCUT2D eigenvalue weighted by molar-refractivity contribution is -0.142. The maximum absolute atomic E-state index is 11.0. The third kappa shape index (κ3) is 4.11. The molecule has 0 aliphatic carbocycles. The molecule has 1 aromatic rings. The number of rotatable bonds is 7. The van der Waals surface area contributed by atoms with Gasteiger partial charge in [-0.05, 0) is 25.1 Å². The van der Waals surface area contributed by atoms with E-state index >= 15 is 0 Å². The number of benzene rings is 1. The summed E-state index contributed by atoms with van der Waals surface area (Å²) in [6.45, 7) is 1.68. The summed E-state index contributed by atoms with van der Waals surface area (Å²) in [6, 6.07) is 4.22. The van der Waals surface area contributed by atoms with E-state index in [1.807, 2.05) is 0 Å². The van der Waals surface area contributed by atoms with Crippen molar-refractivity contribution in [2.24, 2.45) is 0 Å². The standard InChI is InChI=1S/C13H19NO5/c1-8(15)12(13(16)17)14-7-9-6-10(18-2)4-5-11(9)19-3/h4-6,8,12,14-15H,7H2,1-3H3,(H,16,17). The largest absolute Gasteiger partial charge is 0.497 e. The Balaban J connectivity index is 2.83. The van der Waals surface area contributed by atoms with Crippen molar-refractivity contribution in [3.8, 4) is 11.5 Å². The molecule has 0 spiro atoms. The number of ether oxygens (including phenoxy) is 2. The van der Waals surface area contributed by atoms with Crippen LogP contribution in [0, 0.1) is 0 Å². The second-order valence-corrected chi connectivity index (χ2v) is 4.12. The fourth-order valence-corrected chi connectivity index (χ4v) is 1.70. The molecule has 6 heteroatoms. The minimum absolute atomic E-state index is 0.252. The molecule has 0 saturated carbocycles. The smallest absolute Gasteiger partial charge is 0.323 e. The molecule has 2 atom stereocenters. The van der Waals surface area contributed by atoms with Crippen LogP contribution < -0.4 is 14.8 Å². The van der Waals surface area contributed by atoms with Gasteiger partial charge in [0.2, 0.25) is 0 Å². The van der Waals surface area contributed by atoms with Gasteiger partial charge in [-0.3, -0.25) is 10.1 Å². The second-order valence-electron chi connectivity index (χ2n) is 4.12. The lowest BCUT2D eigenvalue weighted by atomic mass is 10.1. The van der Waals surface area contributed by atoms with Crippen LogP contribution in [-0.4, -0.2) is 42.5 Å². The molecule has 3 N–H and O–H groups in total. The van der Waals surface area contributed by atoms with Gasteiger partial charge in [-0.1, -0.05) is 0 Å². The summed E-state index contributed by atoms with van der Waals surface area (Å²) in [6.07, 6.45) is -0.992.